The monoisotopic (exact) mass is 264 g/mol. The molecule has 20 heavy (non-hydrogen) atoms. The summed E-state index contributed by atoms with van der Waals surface area (Å²) in [5, 5.41) is 1.000. The first kappa shape index (κ1) is 11.1. The number of aromatic nitrogens is 2. The van der Waals surface area contributed by atoms with Crippen LogP contribution in [0.3, 0.4) is 0 Å². The maximum absolute atomic E-state index is 5.89. The highest BCUT2D eigenvalue weighted by atomic mass is 16.5. The summed E-state index contributed by atoms with van der Waals surface area (Å²) in [6, 6.07) is 15.7. The number of H-pyrrole nitrogens is 1. The molecule has 2 aromatic heterocycles. The molecule has 0 spiro atoms. The third-order valence-corrected chi connectivity index (χ3v) is 3.35. The highest BCUT2D eigenvalue weighted by Crippen LogP contribution is 2.32. The smallest absolute Gasteiger partial charge is 0.176 e. The summed E-state index contributed by atoms with van der Waals surface area (Å²) in [6.07, 6.45) is 0. The lowest BCUT2D eigenvalue weighted by atomic mass is 10.2. The van der Waals surface area contributed by atoms with Crippen molar-refractivity contribution in [2.75, 3.05) is 7.11 Å². The highest BCUT2D eigenvalue weighted by Gasteiger charge is 2.13. The van der Waals surface area contributed by atoms with Crippen LogP contribution in [0.2, 0.25) is 0 Å². The number of fused-ring (bicyclic) bond motifs is 2. The molecule has 4 aromatic rings. The van der Waals surface area contributed by atoms with E-state index in [0.29, 0.717) is 5.76 Å². The van der Waals surface area contributed by atoms with Gasteiger partial charge in [0.1, 0.15) is 0 Å². The van der Waals surface area contributed by atoms with E-state index in [4.69, 9.17) is 9.15 Å². The van der Waals surface area contributed by atoms with Gasteiger partial charge in [-0.05, 0) is 24.3 Å². The van der Waals surface area contributed by atoms with Gasteiger partial charge in [-0.3, -0.25) is 0 Å². The Balaban J connectivity index is 1.93. The third-order valence-electron chi connectivity index (χ3n) is 3.35. The summed E-state index contributed by atoms with van der Waals surface area (Å²) >= 11 is 0. The third kappa shape index (κ3) is 1.58. The predicted molar refractivity (Wildman–Crippen MR) is 77.9 cm³/mol. The second kappa shape index (κ2) is 4.13. The van der Waals surface area contributed by atoms with Gasteiger partial charge in [-0.15, -0.1) is 0 Å². The van der Waals surface area contributed by atoms with Gasteiger partial charge in [0.25, 0.3) is 0 Å². The molecule has 0 amide bonds. The van der Waals surface area contributed by atoms with Crippen molar-refractivity contribution in [3.05, 3.63) is 48.5 Å². The zero-order chi connectivity index (χ0) is 13.5. The van der Waals surface area contributed by atoms with Crippen molar-refractivity contribution < 1.29 is 9.15 Å². The molecule has 0 aliphatic carbocycles. The topological polar surface area (TPSA) is 51.0 Å². The standard InChI is InChI=1S/C16H12N2O2/c1-19-13-8-4-5-10-9-14(20-15(10)13)16-17-11-6-2-3-7-12(11)18-16/h2-9H,1H3,(H,17,18). The van der Waals surface area contributed by atoms with Crippen LogP contribution in [0.4, 0.5) is 0 Å². The molecule has 0 saturated carbocycles. The lowest BCUT2D eigenvalue weighted by molar-refractivity contribution is 0.411. The van der Waals surface area contributed by atoms with Crippen LogP contribution in [-0.4, -0.2) is 17.1 Å². The Hall–Kier alpha value is -2.75. The van der Waals surface area contributed by atoms with E-state index in [1.165, 1.54) is 0 Å². The van der Waals surface area contributed by atoms with E-state index in [2.05, 4.69) is 9.97 Å². The zero-order valence-electron chi connectivity index (χ0n) is 10.9. The summed E-state index contributed by atoms with van der Waals surface area (Å²) in [5.41, 5.74) is 2.66. The van der Waals surface area contributed by atoms with Crippen LogP contribution in [0.1, 0.15) is 0 Å². The SMILES string of the molecule is COc1cccc2cc(-c3nc4ccccc4[nH]3)oc12. The molecule has 1 N–H and O–H groups in total. The second-order valence-electron chi connectivity index (χ2n) is 4.59. The number of ether oxygens (including phenoxy) is 1. The van der Waals surface area contributed by atoms with Gasteiger partial charge in [0.2, 0.25) is 0 Å². The normalized spacial score (nSPS) is 11.2. The number of hydrogen-bond acceptors (Lipinski definition) is 3. The number of para-hydroxylation sites is 3. The van der Waals surface area contributed by atoms with Crippen molar-refractivity contribution in [2.45, 2.75) is 0 Å². The van der Waals surface area contributed by atoms with Gasteiger partial charge in [0.15, 0.2) is 22.9 Å². The first-order chi connectivity index (χ1) is 9.85. The molecule has 98 valence electrons. The van der Waals surface area contributed by atoms with E-state index in [-0.39, 0.29) is 0 Å². The Kier molecular flexibility index (Phi) is 2.29. The van der Waals surface area contributed by atoms with Crippen LogP contribution < -0.4 is 4.74 Å². The molecule has 2 heterocycles. The molecular formula is C16H12N2O2. The van der Waals surface area contributed by atoms with Crippen LogP contribution in [-0.2, 0) is 0 Å². The molecule has 0 radical (unpaired) electrons. The number of nitrogens with zero attached hydrogens (tertiary/aromatic N) is 1. The Morgan fingerprint density at radius 3 is 2.85 bits per heavy atom. The molecule has 2 aromatic carbocycles. The summed E-state index contributed by atoms with van der Waals surface area (Å²) in [7, 11) is 1.64. The molecule has 4 rings (SSSR count). The number of aromatic amines is 1. The van der Waals surface area contributed by atoms with E-state index in [1.54, 1.807) is 7.11 Å². The number of furan rings is 1. The molecule has 0 atom stereocenters. The Bertz CT molecular complexity index is 872. The van der Waals surface area contributed by atoms with E-state index in [0.717, 1.165) is 33.6 Å². The molecule has 0 unspecified atom stereocenters. The van der Waals surface area contributed by atoms with Crippen molar-refractivity contribution in [3.8, 4) is 17.3 Å². The van der Waals surface area contributed by atoms with Gasteiger partial charge in [0, 0.05) is 5.39 Å². The Morgan fingerprint density at radius 2 is 2.00 bits per heavy atom. The lowest BCUT2D eigenvalue weighted by Crippen LogP contribution is -1.81. The molecule has 4 heteroatoms. The van der Waals surface area contributed by atoms with Crippen molar-refractivity contribution in [2.24, 2.45) is 0 Å². The van der Waals surface area contributed by atoms with Gasteiger partial charge < -0.3 is 14.1 Å². The zero-order valence-corrected chi connectivity index (χ0v) is 10.9. The van der Waals surface area contributed by atoms with Crippen molar-refractivity contribution >= 4 is 22.0 Å². The van der Waals surface area contributed by atoms with E-state index in [1.807, 2.05) is 48.5 Å². The molecule has 4 nitrogen and oxygen atoms in total. The van der Waals surface area contributed by atoms with Gasteiger partial charge in [-0.1, -0.05) is 24.3 Å². The van der Waals surface area contributed by atoms with E-state index >= 15 is 0 Å². The van der Waals surface area contributed by atoms with Gasteiger partial charge in [-0.25, -0.2) is 4.98 Å². The lowest BCUT2D eigenvalue weighted by Gasteiger charge is -1.98. The number of imidazole rings is 1. The molecule has 0 aliphatic heterocycles. The van der Waals surface area contributed by atoms with Crippen molar-refractivity contribution in [3.63, 3.8) is 0 Å². The average molecular weight is 264 g/mol. The fraction of sp³-hybridized carbons (Fsp3) is 0.0625. The number of benzene rings is 2. The van der Waals surface area contributed by atoms with Crippen LogP contribution in [0, 0.1) is 0 Å². The van der Waals surface area contributed by atoms with Crippen LogP contribution in [0.5, 0.6) is 5.75 Å². The van der Waals surface area contributed by atoms with Gasteiger partial charge >= 0.3 is 0 Å². The van der Waals surface area contributed by atoms with Crippen molar-refractivity contribution in [1.82, 2.24) is 9.97 Å². The summed E-state index contributed by atoms with van der Waals surface area (Å²) in [6.45, 7) is 0. The summed E-state index contributed by atoms with van der Waals surface area (Å²) in [4.78, 5) is 7.81. The number of hydrogen-bond donors (Lipinski definition) is 1. The Morgan fingerprint density at radius 1 is 1.10 bits per heavy atom. The van der Waals surface area contributed by atoms with Crippen LogP contribution >= 0.6 is 0 Å². The van der Waals surface area contributed by atoms with Gasteiger partial charge in [0.05, 0.1) is 18.1 Å². The van der Waals surface area contributed by atoms with E-state index in [9.17, 15) is 0 Å². The quantitative estimate of drug-likeness (QED) is 0.595. The fourth-order valence-corrected chi connectivity index (χ4v) is 2.38. The summed E-state index contributed by atoms with van der Waals surface area (Å²) in [5.74, 6) is 2.16. The molecule has 0 fully saturated rings. The average Bonchev–Trinajstić information content (AvgIpc) is 3.09. The predicted octanol–water partition coefficient (Wildman–Crippen LogP) is 3.98. The first-order valence-corrected chi connectivity index (χ1v) is 6.37. The minimum Gasteiger partial charge on any atom is -0.493 e. The molecule has 0 aliphatic rings. The molecular weight excluding hydrogens is 252 g/mol. The number of rotatable bonds is 2. The first-order valence-electron chi connectivity index (χ1n) is 6.37. The molecule has 0 saturated heterocycles. The Labute approximate surface area is 115 Å². The van der Waals surface area contributed by atoms with Crippen LogP contribution in [0.25, 0.3) is 33.6 Å². The minimum absolute atomic E-state index is 0.709. The highest BCUT2D eigenvalue weighted by molar-refractivity contribution is 5.87. The summed E-state index contributed by atoms with van der Waals surface area (Å²) < 4.78 is 11.2. The largest absolute Gasteiger partial charge is 0.493 e. The van der Waals surface area contributed by atoms with Crippen molar-refractivity contribution in [1.29, 1.82) is 0 Å². The minimum atomic E-state index is 0.709. The number of methoxy groups -OCH3 is 1. The number of nitrogens with one attached hydrogen (secondary N) is 1. The van der Waals surface area contributed by atoms with Gasteiger partial charge in [-0.2, -0.15) is 0 Å². The van der Waals surface area contributed by atoms with E-state index < -0.39 is 0 Å². The fourth-order valence-electron chi connectivity index (χ4n) is 2.38. The maximum atomic E-state index is 5.89. The maximum Gasteiger partial charge on any atom is 0.176 e. The second-order valence-corrected chi connectivity index (χ2v) is 4.59. The molecule has 0 bridgehead atoms. The van der Waals surface area contributed by atoms with Crippen LogP contribution in [0.15, 0.2) is 52.9 Å².